The van der Waals surface area contributed by atoms with Crippen LogP contribution in [0.5, 0.6) is 11.6 Å². The SMILES string of the molecule is COC(=O)[C@@H]1C[C@@H](Oc2nc3ccccc3cc2-c2cccc(O)c2)CN1C(=O)OC(C)(C)C. The van der Waals surface area contributed by atoms with E-state index in [9.17, 15) is 14.7 Å². The zero-order valence-corrected chi connectivity index (χ0v) is 19.6. The number of likely N-dealkylation sites (tertiary alicyclic amines) is 1. The van der Waals surface area contributed by atoms with E-state index in [4.69, 9.17) is 19.2 Å². The first kappa shape index (κ1) is 23.4. The van der Waals surface area contributed by atoms with Crippen LogP contribution in [-0.2, 0) is 14.3 Å². The van der Waals surface area contributed by atoms with Crippen LogP contribution in [0.4, 0.5) is 4.79 Å². The highest BCUT2D eigenvalue weighted by Gasteiger charge is 2.43. The van der Waals surface area contributed by atoms with Gasteiger partial charge in [0.05, 0.1) is 19.2 Å². The Morgan fingerprint density at radius 3 is 2.56 bits per heavy atom. The molecular formula is C26H28N2O6. The number of carbonyl (C=O) groups excluding carboxylic acids is 2. The van der Waals surface area contributed by atoms with Gasteiger partial charge < -0.3 is 19.3 Å². The van der Waals surface area contributed by atoms with Crippen LogP contribution < -0.4 is 4.74 Å². The Hall–Kier alpha value is -3.81. The topological polar surface area (TPSA) is 98.2 Å². The van der Waals surface area contributed by atoms with E-state index < -0.39 is 29.8 Å². The molecule has 2 heterocycles. The summed E-state index contributed by atoms with van der Waals surface area (Å²) in [6.45, 7) is 5.44. The molecule has 0 aliphatic carbocycles. The van der Waals surface area contributed by atoms with Gasteiger partial charge in [-0.3, -0.25) is 4.90 Å². The fourth-order valence-corrected chi connectivity index (χ4v) is 3.99. The van der Waals surface area contributed by atoms with Gasteiger partial charge >= 0.3 is 12.1 Å². The Bertz CT molecular complexity index is 1220. The molecule has 0 radical (unpaired) electrons. The second-order valence-electron chi connectivity index (χ2n) is 9.23. The predicted molar refractivity (Wildman–Crippen MR) is 127 cm³/mol. The third-order valence-corrected chi connectivity index (χ3v) is 5.49. The maximum Gasteiger partial charge on any atom is 0.411 e. The molecule has 1 N–H and O–H groups in total. The molecule has 0 unspecified atom stereocenters. The molecule has 0 bridgehead atoms. The number of hydrogen-bond acceptors (Lipinski definition) is 7. The van der Waals surface area contributed by atoms with Gasteiger partial charge in [0.25, 0.3) is 0 Å². The first-order valence-corrected chi connectivity index (χ1v) is 11.1. The smallest absolute Gasteiger partial charge is 0.411 e. The lowest BCUT2D eigenvalue weighted by atomic mass is 10.0. The highest BCUT2D eigenvalue weighted by Crippen LogP contribution is 2.35. The van der Waals surface area contributed by atoms with Crippen molar-refractivity contribution in [3.8, 4) is 22.8 Å². The second kappa shape index (κ2) is 9.21. The molecule has 1 aliphatic rings. The molecular weight excluding hydrogens is 436 g/mol. The van der Waals surface area contributed by atoms with Crippen molar-refractivity contribution in [2.45, 2.75) is 44.9 Å². The van der Waals surface area contributed by atoms with Crippen molar-refractivity contribution in [2.24, 2.45) is 0 Å². The van der Waals surface area contributed by atoms with E-state index >= 15 is 0 Å². The molecule has 1 saturated heterocycles. The number of amides is 1. The van der Waals surface area contributed by atoms with Gasteiger partial charge in [-0.25, -0.2) is 14.6 Å². The molecule has 2 aromatic carbocycles. The molecule has 4 rings (SSSR count). The number of rotatable bonds is 4. The van der Waals surface area contributed by atoms with E-state index in [0.717, 1.165) is 16.5 Å². The summed E-state index contributed by atoms with van der Waals surface area (Å²) in [4.78, 5) is 31.3. The van der Waals surface area contributed by atoms with Gasteiger partial charge in [0.15, 0.2) is 0 Å². The maximum absolute atomic E-state index is 12.8. The van der Waals surface area contributed by atoms with Gasteiger partial charge in [0, 0.05) is 17.4 Å². The number of phenolic OH excluding ortho intramolecular Hbond substituents is 1. The summed E-state index contributed by atoms with van der Waals surface area (Å²) in [5.41, 5.74) is 1.46. The summed E-state index contributed by atoms with van der Waals surface area (Å²) >= 11 is 0. The number of hydrogen-bond donors (Lipinski definition) is 1. The molecule has 0 saturated carbocycles. The zero-order chi connectivity index (χ0) is 24.5. The summed E-state index contributed by atoms with van der Waals surface area (Å²) in [5.74, 6) is -0.0556. The standard InChI is InChI=1S/C26H28N2O6/c1-26(2,3)34-25(31)28-15-19(14-22(28)24(30)32-4)33-23-20(16-9-7-10-18(29)12-16)13-17-8-5-6-11-21(17)27-23/h5-13,19,22,29H,14-15H2,1-4H3/t19-,22+/m1/s1. The second-order valence-corrected chi connectivity index (χ2v) is 9.23. The first-order chi connectivity index (χ1) is 16.1. The summed E-state index contributed by atoms with van der Waals surface area (Å²) < 4.78 is 16.7. The van der Waals surface area contributed by atoms with E-state index in [1.165, 1.54) is 12.0 Å². The molecule has 2 atom stereocenters. The highest BCUT2D eigenvalue weighted by atomic mass is 16.6. The third-order valence-electron chi connectivity index (χ3n) is 5.49. The minimum Gasteiger partial charge on any atom is -0.508 e. The molecule has 3 aromatic rings. The van der Waals surface area contributed by atoms with E-state index in [0.29, 0.717) is 11.4 Å². The number of aromatic hydroxyl groups is 1. The minimum absolute atomic E-state index is 0.124. The monoisotopic (exact) mass is 464 g/mol. The van der Waals surface area contributed by atoms with Crippen molar-refractivity contribution < 1.29 is 28.9 Å². The lowest BCUT2D eigenvalue weighted by molar-refractivity contribution is -0.145. The Morgan fingerprint density at radius 1 is 1.09 bits per heavy atom. The Labute approximate surface area is 198 Å². The number of carbonyl (C=O) groups is 2. The van der Waals surface area contributed by atoms with Gasteiger partial charge in [-0.05, 0) is 50.6 Å². The molecule has 34 heavy (non-hydrogen) atoms. The molecule has 178 valence electrons. The van der Waals surface area contributed by atoms with Gasteiger partial charge in [0.1, 0.15) is 23.5 Å². The molecule has 1 fully saturated rings. The fraction of sp³-hybridized carbons (Fsp3) is 0.346. The van der Waals surface area contributed by atoms with Crippen LogP contribution in [0.3, 0.4) is 0 Å². The van der Waals surface area contributed by atoms with Gasteiger partial charge in [-0.15, -0.1) is 0 Å². The average Bonchev–Trinajstić information content (AvgIpc) is 3.21. The van der Waals surface area contributed by atoms with Crippen LogP contribution in [0, 0.1) is 0 Å². The number of ether oxygens (including phenoxy) is 3. The van der Waals surface area contributed by atoms with Crippen LogP contribution in [0.15, 0.2) is 54.6 Å². The molecule has 1 aliphatic heterocycles. The van der Waals surface area contributed by atoms with E-state index in [2.05, 4.69) is 0 Å². The zero-order valence-electron chi connectivity index (χ0n) is 19.6. The van der Waals surface area contributed by atoms with Gasteiger partial charge in [-0.2, -0.15) is 0 Å². The maximum atomic E-state index is 12.8. The Morgan fingerprint density at radius 2 is 1.85 bits per heavy atom. The fourth-order valence-electron chi connectivity index (χ4n) is 3.99. The van der Waals surface area contributed by atoms with Crippen molar-refractivity contribution in [3.05, 3.63) is 54.6 Å². The Balaban J connectivity index is 1.68. The van der Waals surface area contributed by atoms with Crippen LogP contribution >= 0.6 is 0 Å². The number of pyridine rings is 1. The lowest BCUT2D eigenvalue weighted by Crippen LogP contribution is -2.44. The van der Waals surface area contributed by atoms with Crippen LogP contribution in [0.1, 0.15) is 27.2 Å². The summed E-state index contributed by atoms with van der Waals surface area (Å²) in [5, 5.41) is 10.9. The predicted octanol–water partition coefficient (Wildman–Crippen LogP) is 4.54. The van der Waals surface area contributed by atoms with Gasteiger partial charge in [0.2, 0.25) is 5.88 Å². The third kappa shape index (κ3) is 5.06. The first-order valence-electron chi connectivity index (χ1n) is 11.1. The molecule has 1 aromatic heterocycles. The number of methoxy groups -OCH3 is 1. The summed E-state index contributed by atoms with van der Waals surface area (Å²) in [6.07, 6.45) is -0.880. The number of fused-ring (bicyclic) bond motifs is 1. The van der Waals surface area contributed by atoms with E-state index in [-0.39, 0.29) is 18.7 Å². The lowest BCUT2D eigenvalue weighted by Gasteiger charge is -2.27. The largest absolute Gasteiger partial charge is 0.508 e. The number of nitrogens with zero attached hydrogens (tertiary/aromatic N) is 2. The molecule has 8 heteroatoms. The summed E-state index contributed by atoms with van der Waals surface area (Å²) in [6, 6.07) is 15.6. The number of esters is 1. The van der Waals surface area contributed by atoms with Crippen LogP contribution in [0.25, 0.3) is 22.0 Å². The van der Waals surface area contributed by atoms with Crippen molar-refractivity contribution in [2.75, 3.05) is 13.7 Å². The number of aromatic nitrogens is 1. The van der Waals surface area contributed by atoms with Gasteiger partial charge in [-0.1, -0.05) is 30.3 Å². The highest BCUT2D eigenvalue weighted by molar-refractivity contribution is 5.86. The number of benzene rings is 2. The van der Waals surface area contributed by atoms with Crippen molar-refractivity contribution in [1.82, 2.24) is 9.88 Å². The number of phenols is 1. The molecule has 0 spiro atoms. The quantitative estimate of drug-likeness (QED) is 0.566. The molecule has 1 amide bonds. The normalized spacial score (nSPS) is 18.1. The van der Waals surface area contributed by atoms with Crippen molar-refractivity contribution >= 4 is 23.0 Å². The summed E-state index contributed by atoms with van der Waals surface area (Å²) in [7, 11) is 1.29. The van der Waals surface area contributed by atoms with E-state index in [1.54, 1.807) is 39.0 Å². The Kier molecular flexibility index (Phi) is 6.32. The molecule has 8 nitrogen and oxygen atoms in total. The van der Waals surface area contributed by atoms with Crippen LogP contribution in [-0.4, -0.2) is 58.5 Å². The average molecular weight is 465 g/mol. The van der Waals surface area contributed by atoms with Crippen molar-refractivity contribution in [3.63, 3.8) is 0 Å². The van der Waals surface area contributed by atoms with Crippen molar-refractivity contribution in [1.29, 1.82) is 0 Å². The number of para-hydroxylation sites is 1. The minimum atomic E-state index is -0.825. The van der Waals surface area contributed by atoms with Crippen LogP contribution in [0.2, 0.25) is 0 Å². The van der Waals surface area contributed by atoms with E-state index in [1.807, 2.05) is 36.4 Å².